The fourth-order valence-corrected chi connectivity index (χ4v) is 3.44. The van der Waals surface area contributed by atoms with E-state index in [1.807, 2.05) is 18.2 Å². The molecule has 28 heavy (non-hydrogen) atoms. The van der Waals surface area contributed by atoms with Crippen LogP contribution in [0.5, 0.6) is 5.75 Å². The average Bonchev–Trinajstić information content (AvgIpc) is 3.33. The maximum atomic E-state index is 12.5. The molecule has 0 unspecified atom stereocenters. The topological polar surface area (TPSA) is 97.0 Å². The van der Waals surface area contributed by atoms with E-state index in [1.54, 1.807) is 30.3 Å². The Kier molecular flexibility index (Phi) is 5.05. The predicted octanol–water partition coefficient (Wildman–Crippen LogP) is 4.07. The van der Waals surface area contributed by atoms with Crippen molar-refractivity contribution < 1.29 is 14.3 Å². The monoisotopic (exact) mass is 412 g/mol. The molecule has 9 heteroatoms. The zero-order chi connectivity index (χ0) is 19.5. The fourth-order valence-electron chi connectivity index (χ4n) is 2.60. The number of hydrogen-bond donors (Lipinski definition) is 2. The summed E-state index contributed by atoms with van der Waals surface area (Å²) in [6.45, 7) is 0.146. The van der Waals surface area contributed by atoms with E-state index in [1.165, 1.54) is 6.20 Å². The minimum absolute atomic E-state index is 0.146. The number of anilines is 1. The van der Waals surface area contributed by atoms with Gasteiger partial charge in [0, 0.05) is 17.1 Å². The highest BCUT2D eigenvalue weighted by Gasteiger charge is 2.21. The summed E-state index contributed by atoms with van der Waals surface area (Å²) in [5, 5.41) is 12.3. The van der Waals surface area contributed by atoms with Gasteiger partial charge >= 0.3 is 0 Å². The Morgan fingerprint density at radius 1 is 1.11 bits per heavy atom. The quantitative estimate of drug-likeness (QED) is 0.367. The lowest BCUT2D eigenvalue weighted by Crippen LogP contribution is -2.22. The molecule has 7 nitrogen and oxygen atoms in total. The van der Waals surface area contributed by atoms with Gasteiger partial charge in [0.25, 0.3) is 11.7 Å². The standard InChI is InChI=1S/C19H13ClN4O3S/c20-13-6-2-4-8-15(13)27-10-16-23-24-19(28-16)22-18(26)17(25)12-9-21-14-7-3-1-5-11(12)14/h1-9,21H,10H2,(H,22,24,26). The number of benzene rings is 2. The number of carbonyl (C=O) groups is 2. The molecule has 0 spiro atoms. The van der Waals surface area contributed by atoms with Crippen molar-refractivity contribution in [3.05, 3.63) is 70.3 Å². The molecule has 0 radical (unpaired) electrons. The van der Waals surface area contributed by atoms with Crippen LogP contribution in [0, 0.1) is 0 Å². The van der Waals surface area contributed by atoms with E-state index in [9.17, 15) is 9.59 Å². The molecule has 4 aromatic rings. The van der Waals surface area contributed by atoms with Crippen molar-refractivity contribution in [3.63, 3.8) is 0 Å². The van der Waals surface area contributed by atoms with E-state index in [4.69, 9.17) is 16.3 Å². The molecule has 2 aromatic heterocycles. The summed E-state index contributed by atoms with van der Waals surface area (Å²) in [5.41, 5.74) is 1.09. The van der Waals surface area contributed by atoms with Crippen LogP contribution in [0.15, 0.2) is 54.7 Å². The first kappa shape index (κ1) is 18.1. The molecule has 0 fully saturated rings. The highest BCUT2D eigenvalue weighted by molar-refractivity contribution is 7.15. The van der Waals surface area contributed by atoms with Crippen molar-refractivity contribution >= 4 is 50.7 Å². The molecular formula is C19H13ClN4O3S. The zero-order valence-electron chi connectivity index (χ0n) is 14.3. The summed E-state index contributed by atoms with van der Waals surface area (Å²) in [5.74, 6) is -0.902. The van der Waals surface area contributed by atoms with Crippen molar-refractivity contribution in [2.45, 2.75) is 6.61 Å². The number of Topliss-reactive ketones (excluding diaryl/α,β-unsaturated/α-hetero) is 1. The van der Waals surface area contributed by atoms with Crippen LogP contribution in [0.4, 0.5) is 5.13 Å². The second-order valence-electron chi connectivity index (χ2n) is 5.75. The van der Waals surface area contributed by atoms with Gasteiger partial charge in [-0.15, -0.1) is 10.2 Å². The predicted molar refractivity (Wildman–Crippen MR) is 107 cm³/mol. The van der Waals surface area contributed by atoms with E-state index in [0.29, 0.717) is 26.7 Å². The minimum atomic E-state index is -0.778. The first-order valence-electron chi connectivity index (χ1n) is 8.23. The molecular weight excluding hydrogens is 400 g/mol. The molecule has 0 bridgehead atoms. The van der Waals surface area contributed by atoms with Crippen LogP contribution >= 0.6 is 22.9 Å². The van der Waals surface area contributed by atoms with E-state index >= 15 is 0 Å². The van der Waals surface area contributed by atoms with E-state index in [-0.39, 0.29) is 11.7 Å². The molecule has 140 valence electrons. The number of nitrogens with one attached hydrogen (secondary N) is 2. The lowest BCUT2D eigenvalue weighted by molar-refractivity contribution is -0.112. The van der Waals surface area contributed by atoms with Gasteiger partial charge in [0.15, 0.2) is 5.01 Å². The van der Waals surface area contributed by atoms with Gasteiger partial charge < -0.3 is 9.72 Å². The first-order chi connectivity index (χ1) is 13.6. The smallest absolute Gasteiger partial charge is 0.298 e. The number of ether oxygens (including phenoxy) is 1. The Labute approximate surface area is 168 Å². The van der Waals surface area contributed by atoms with Crippen LogP contribution < -0.4 is 10.1 Å². The molecule has 0 saturated carbocycles. The van der Waals surface area contributed by atoms with Crippen molar-refractivity contribution in [2.24, 2.45) is 0 Å². The summed E-state index contributed by atoms with van der Waals surface area (Å²) < 4.78 is 5.59. The van der Waals surface area contributed by atoms with Gasteiger partial charge in [-0.25, -0.2) is 0 Å². The Morgan fingerprint density at radius 2 is 1.89 bits per heavy atom. The first-order valence-corrected chi connectivity index (χ1v) is 9.43. The van der Waals surface area contributed by atoms with Crippen molar-refractivity contribution in [2.75, 3.05) is 5.32 Å². The van der Waals surface area contributed by atoms with E-state index in [0.717, 1.165) is 16.9 Å². The lowest BCUT2D eigenvalue weighted by atomic mass is 10.1. The number of nitrogens with zero attached hydrogens (tertiary/aromatic N) is 2. The lowest BCUT2D eigenvalue weighted by Gasteiger charge is -2.04. The summed E-state index contributed by atoms with van der Waals surface area (Å²) in [6, 6.07) is 14.3. The number of ketones is 1. The second kappa shape index (κ2) is 7.79. The molecule has 0 aliphatic carbocycles. The molecule has 0 saturated heterocycles. The van der Waals surface area contributed by atoms with Crippen LogP contribution in [0.3, 0.4) is 0 Å². The van der Waals surface area contributed by atoms with Crippen molar-refractivity contribution in [1.29, 1.82) is 0 Å². The van der Waals surface area contributed by atoms with Gasteiger partial charge in [-0.3, -0.25) is 14.9 Å². The number of halogens is 1. The second-order valence-corrected chi connectivity index (χ2v) is 7.22. The number of aromatic amines is 1. The normalized spacial score (nSPS) is 10.8. The largest absolute Gasteiger partial charge is 0.485 e. The van der Waals surface area contributed by atoms with Crippen molar-refractivity contribution in [3.8, 4) is 5.75 Å². The summed E-state index contributed by atoms with van der Waals surface area (Å²) in [4.78, 5) is 27.7. The third-order valence-electron chi connectivity index (χ3n) is 3.92. The minimum Gasteiger partial charge on any atom is -0.485 e. The van der Waals surface area contributed by atoms with Gasteiger partial charge in [-0.05, 0) is 18.2 Å². The molecule has 0 aliphatic rings. The fraction of sp³-hybridized carbons (Fsp3) is 0.0526. The van der Waals surface area contributed by atoms with Gasteiger partial charge in [0.1, 0.15) is 12.4 Å². The van der Waals surface area contributed by atoms with E-state index in [2.05, 4.69) is 20.5 Å². The summed E-state index contributed by atoms with van der Waals surface area (Å²) >= 11 is 7.16. The number of amides is 1. The van der Waals surface area contributed by atoms with Crippen molar-refractivity contribution in [1.82, 2.24) is 15.2 Å². The maximum absolute atomic E-state index is 12.5. The maximum Gasteiger partial charge on any atom is 0.298 e. The Balaban J connectivity index is 1.41. The Bertz CT molecular complexity index is 1170. The van der Waals surface area contributed by atoms with Crippen LogP contribution in [-0.4, -0.2) is 26.9 Å². The number of rotatable bonds is 6. The van der Waals surface area contributed by atoms with Gasteiger partial charge in [0.2, 0.25) is 5.13 Å². The Morgan fingerprint density at radius 3 is 2.75 bits per heavy atom. The number of hydrogen-bond acceptors (Lipinski definition) is 6. The third-order valence-corrected chi connectivity index (χ3v) is 5.04. The highest BCUT2D eigenvalue weighted by atomic mass is 35.5. The molecule has 2 heterocycles. The van der Waals surface area contributed by atoms with E-state index < -0.39 is 11.7 Å². The number of fused-ring (bicyclic) bond motifs is 1. The molecule has 2 aromatic carbocycles. The summed E-state index contributed by atoms with van der Waals surface area (Å²) in [6.07, 6.45) is 1.52. The molecule has 1 amide bonds. The van der Waals surface area contributed by atoms with Crippen LogP contribution in [-0.2, 0) is 11.4 Å². The van der Waals surface area contributed by atoms with Gasteiger partial charge in [0.05, 0.1) is 10.6 Å². The van der Waals surface area contributed by atoms with Crippen LogP contribution in [0.2, 0.25) is 5.02 Å². The van der Waals surface area contributed by atoms with Gasteiger partial charge in [-0.2, -0.15) is 0 Å². The average molecular weight is 413 g/mol. The number of aromatic nitrogens is 3. The van der Waals surface area contributed by atoms with Gasteiger partial charge in [-0.1, -0.05) is 53.3 Å². The third kappa shape index (κ3) is 3.73. The molecule has 4 rings (SSSR count). The zero-order valence-corrected chi connectivity index (χ0v) is 15.9. The number of H-pyrrole nitrogens is 1. The Hall–Kier alpha value is -3.23. The van der Waals surface area contributed by atoms with Crippen LogP contribution in [0.1, 0.15) is 15.4 Å². The summed E-state index contributed by atoms with van der Waals surface area (Å²) in [7, 11) is 0. The molecule has 2 N–H and O–H groups in total. The molecule has 0 atom stereocenters. The highest BCUT2D eigenvalue weighted by Crippen LogP contribution is 2.25. The molecule has 0 aliphatic heterocycles. The van der Waals surface area contributed by atoms with Crippen LogP contribution in [0.25, 0.3) is 10.9 Å². The number of para-hydroxylation sites is 2. The SMILES string of the molecule is O=C(Nc1nnc(COc2ccccc2Cl)s1)C(=O)c1c[nH]c2ccccc12. The number of carbonyl (C=O) groups excluding carboxylic acids is 2.